The third kappa shape index (κ3) is 29.4. The minimum atomic E-state index is 0. The molecule has 0 atom stereocenters. The van der Waals surface area contributed by atoms with E-state index in [1.807, 2.05) is 0 Å². The Morgan fingerprint density at radius 2 is 1.88 bits per heavy atom. The molecular weight excluding hydrogens is 163 g/mol. The van der Waals surface area contributed by atoms with Gasteiger partial charge in [0.25, 0.3) is 0 Å². The van der Waals surface area contributed by atoms with E-state index in [4.69, 9.17) is 8.43 Å². The van der Waals surface area contributed by atoms with Crippen LogP contribution >= 0.6 is 12.4 Å². The first-order chi connectivity index (χ1) is 3.41. The maximum atomic E-state index is 8.25. The first-order valence-electron chi connectivity index (χ1n) is 2.23. The topological polar surface area (TPSA) is 37.3 Å². The Kier molecular flexibility index (Phi) is 49.8. The predicted octanol–water partition coefficient (Wildman–Crippen LogP) is 1.08. The van der Waals surface area contributed by atoms with Crippen molar-refractivity contribution in [2.45, 2.75) is 19.8 Å². The van der Waals surface area contributed by atoms with Crippen molar-refractivity contribution in [1.82, 2.24) is 0 Å². The summed E-state index contributed by atoms with van der Waals surface area (Å²) in [6, 6.07) is 0. The number of aliphatic hydroxyl groups excluding tert-OH is 1. The van der Waals surface area contributed by atoms with Crippen molar-refractivity contribution in [2.75, 3.05) is 6.61 Å². The van der Waals surface area contributed by atoms with Gasteiger partial charge in [0, 0.05) is 6.61 Å². The molecule has 0 aliphatic rings. The van der Waals surface area contributed by atoms with Gasteiger partial charge in [0.15, 0.2) is 0 Å². The third-order valence-corrected chi connectivity index (χ3v) is 0.512. The first kappa shape index (κ1) is 15.9. The van der Waals surface area contributed by atoms with E-state index in [1.54, 1.807) is 0 Å². The van der Waals surface area contributed by atoms with Crippen LogP contribution in [0.2, 0.25) is 0 Å². The van der Waals surface area contributed by atoms with Gasteiger partial charge in [-0.3, -0.25) is 0 Å². The van der Waals surface area contributed by atoms with Crippen molar-refractivity contribution in [3.8, 4) is 0 Å². The van der Waals surface area contributed by atoms with Crippen LogP contribution < -0.4 is 0 Å². The molecule has 0 rings (SSSR count). The van der Waals surface area contributed by atoms with Crippen molar-refractivity contribution in [2.24, 2.45) is 0 Å². The molecule has 0 fully saturated rings. The molecule has 0 unspecified atom stereocenters. The van der Waals surface area contributed by atoms with Crippen LogP contribution in [0, 0.1) is 0 Å². The third-order valence-electron chi connectivity index (χ3n) is 0.512. The van der Waals surface area contributed by atoms with Crippen LogP contribution in [0.1, 0.15) is 19.8 Å². The molecule has 0 amide bonds. The number of aliphatic hydroxyl groups is 1. The molecule has 0 heterocycles. The van der Waals surface area contributed by atoms with E-state index in [9.17, 15) is 0 Å². The van der Waals surface area contributed by atoms with Crippen LogP contribution in [0.15, 0.2) is 0 Å². The van der Waals surface area contributed by atoms with E-state index in [1.165, 1.54) is 0 Å². The molecule has 0 radical (unpaired) electrons. The standard InChI is InChI=1S/C4H10O.ClH.O.Ti/c1-2-3-4-5;;;/h5H,2-4H2,1H3;1H;;. The van der Waals surface area contributed by atoms with Crippen molar-refractivity contribution >= 4 is 12.4 Å². The Balaban J connectivity index is -0.0000000750. The molecule has 4 heteroatoms. The summed E-state index contributed by atoms with van der Waals surface area (Å²) >= 11 is 0.750. The van der Waals surface area contributed by atoms with Crippen LogP contribution in [0.4, 0.5) is 0 Å². The summed E-state index contributed by atoms with van der Waals surface area (Å²) in [6.45, 7) is 2.40. The molecule has 0 aromatic rings. The van der Waals surface area contributed by atoms with Gasteiger partial charge in [-0.05, 0) is 6.42 Å². The molecule has 0 aliphatic carbocycles. The quantitative estimate of drug-likeness (QED) is 0.636. The Morgan fingerprint density at radius 3 is 1.88 bits per heavy atom. The van der Waals surface area contributed by atoms with Gasteiger partial charge in [-0.1, -0.05) is 13.3 Å². The Hall–Kier alpha value is 0.764. The monoisotopic (exact) mass is 174 g/mol. The van der Waals surface area contributed by atoms with E-state index in [0.29, 0.717) is 6.61 Å². The van der Waals surface area contributed by atoms with E-state index in [0.717, 1.165) is 33.2 Å². The Bertz CT molecular complexity index is 28.0. The van der Waals surface area contributed by atoms with Crippen molar-refractivity contribution in [3.63, 3.8) is 0 Å². The number of halogens is 1. The second-order valence-corrected chi connectivity index (χ2v) is 1.08. The van der Waals surface area contributed by atoms with Gasteiger partial charge < -0.3 is 5.11 Å². The molecule has 0 saturated heterocycles. The van der Waals surface area contributed by atoms with Gasteiger partial charge in [-0.15, -0.1) is 12.4 Å². The van der Waals surface area contributed by atoms with Gasteiger partial charge in [-0.25, -0.2) is 0 Å². The van der Waals surface area contributed by atoms with E-state index >= 15 is 0 Å². The Morgan fingerprint density at radius 1 is 1.50 bits per heavy atom. The van der Waals surface area contributed by atoms with Gasteiger partial charge in [0.05, 0.1) is 0 Å². The molecule has 0 aromatic carbocycles. The molecular formula is C4H11ClO2Ti. The normalized spacial score (nSPS) is 5.62. The minimum absolute atomic E-state index is 0. The number of unbranched alkanes of at least 4 members (excludes halogenated alkanes) is 1. The summed E-state index contributed by atoms with van der Waals surface area (Å²) in [5.74, 6) is 0. The van der Waals surface area contributed by atoms with Crippen LogP contribution in [0.25, 0.3) is 0 Å². The maximum absolute atomic E-state index is 8.25. The van der Waals surface area contributed by atoms with Crippen LogP contribution in [0.5, 0.6) is 0 Å². The predicted molar refractivity (Wildman–Crippen MR) is 29.9 cm³/mol. The number of hydrogen-bond donors (Lipinski definition) is 1. The van der Waals surface area contributed by atoms with Crippen molar-refractivity contribution in [1.29, 1.82) is 0 Å². The SMILES string of the molecule is CCCCO.Cl.[O]=[Ti]. The molecule has 50 valence electrons. The zero-order valence-electron chi connectivity index (χ0n) is 4.89. The summed E-state index contributed by atoms with van der Waals surface area (Å²) in [6.07, 6.45) is 2.04. The van der Waals surface area contributed by atoms with Crippen molar-refractivity contribution in [3.05, 3.63) is 0 Å². The summed E-state index contributed by atoms with van der Waals surface area (Å²) in [5.41, 5.74) is 0. The molecule has 8 heavy (non-hydrogen) atoms. The number of hydrogen-bond acceptors (Lipinski definition) is 2. The molecule has 0 aliphatic heterocycles. The zero-order valence-corrected chi connectivity index (χ0v) is 7.26. The molecule has 1 N–H and O–H groups in total. The Labute approximate surface area is 67.8 Å². The van der Waals surface area contributed by atoms with E-state index < -0.39 is 0 Å². The second-order valence-electron chi connectivity index (χ2n) is 1.08. The van der Waals surface area contributed by atoms with Gasteiger partial charge >= 0.3 is 23.7 Å². The fourth-order valence-electron chi connectivity index (χ4n) is 0.158. The van der Waals surface area contributed by atoms with E-state index in [2.05, 4.69) is 6.92 Å². The summed E-state index contributed by atoms with van der Waals surface area (Å²) < 4.78 is 8.25. The van der Waals surface area contributed by atoms with Crippen LogP contribution in [-0.4, -0.2) is 11.7 Å². The molecule has 2 nitrogen and oxygen atoms in total. The fourth-order valence-corrected chi connectivity index (χ4v) is 0.158. The average molecular weight is 174 g/mol. The summed E-state index contributed by atoms with van der Waals surface area (Å²) in [5, 5.41) is 8.07. The molecule has 0 saturated carbocycles. The number of rotatable bonds is 2. The first-order valence-corrected chi connectivity index (χ1v) is 2.86. The van der Waals surface area contributed by atoms with Gasteiger partial charge in [0.2, 0.25) is 0 Å². The van der Waals surface area contributed by atoms with Crippen molar-refractivity contribution < 1.29 is 28.8 Å². The van der Waals surface area contributed by atoms with Gasteiger partial charge in [0.1, 0.15) is 0 Å². The molecule has 0 bridgehead atoms. The van der Waals surface area contributed by atoms with Crippen LogP contribution in [-0.2, 0) is 23.7 Å². The summed E-state index contributed by atoms with van der Waals surface area (Å²) in [7, 11) is 0. The molecule has 0 spiro atoms. The molecule has 0 aromatic heterocycles. The second kappa shape index (κ2) is 25.1. The van der Waals surface area contributed by atoms with Crippen LogP contribution in [0.3, 0.4) is 0 Å². The van der Waals surface area contributed by atoms with Gasteiger partial charge in [-0.2, -0.15) is 0 Å². The average Bonchev–Trinajstić information content (AvgIpc) is 1.75. The fraction of sp³-hybridized carbons (Fsp3) is 1.00. The van der Waals surface area contributed by atoms with E-state index in [-0.39, 0.29) is 12.4 Å². The summed E-state index contributed by atoms with van der Waals surface area (Å²) in [4.78, 5) is 0. The zero-order chi connectivity index (χ0) is 6.12.